The predicted molar refractivity (Wildman–Crippen MR) is 215 cm³/mol. The first kappa shape index (κ1) is 38.9. The summed E-state index contributed by atoms with van der Waals surface area (Å²) >= 11 is 0. The molecule has 15 nitrogen and oxygen atoms in total. The van der Waals surface area contributed by atoms with Crippen molar-refractivity contribution in [2.75, 3.05) is 120 Å². The van der Waals surface area contributed by atoms with E-state index in [0.29, 0.717) is 17.2 Å². The number of hydrogen-bond donors (Lipinski definition) is 0. The van der Waals surface area contributed by atoms with Crippen molar-refractivity contribution < 1.29 is 24.1 Å². The number of piperazine rings is 2. The standard InChI is InChI=1S/C40H50N8O7/c1-31-6-5-7-36(28-31)55-27-25-46(40-30-33(9-15-38(40)48(51)52)44-22-18-42(3)19-23-44)45(24-26-54-35-12-10-34(53-4)11-13-35)39-29-32(8-14-37(39)47(49)50)43-20-16-41(2)17-21-43/h5-15,28-30H,16-27H2,1-4H3. The molecule has 0 aliphatic carbocycles. The van der Waals surface area contributed by atoms with Crippen molar-refractivity contribution in [2.45, 2.75) is 6.92 Å². The molecule has 0 unspecified atom stereocenters. The first-order valence-corrected chi connectivity index (χ1v) is 18.5. The summed E-state index contributed by atoms with van der Waals surface area (Å²) in [6.45, 7) is 8.83. The molecule has 0 atom stereocenters. The van der Waals surface area contributed by atoms with Crippen LogP contribution in [0.25, 0.3) is 0 Å². The Balaban J connectivity index is 1.46. The van der Waals surface area contributed by atoms with E-state index in [1.165, 1.54) is 12.1 Å². The van der Waals surface area contributed by atoms with Crippen molar-refractivity contribution in [1.82, 2.24) is 9.80 Å². The third kappa shape index (κ3) is 9.85. The Hall–Kier alpha value is -5.80. The van der Waals surface area contributed by atoms with Gasteiger partial charge in [-0.1, -0.05) is 12.1 Å². The van der Waals surface area contributed by atoms with Gasteiger partial charge in [-0.05, 0) is 87.2 Å². The van der Waals surface area contributed by atoms with Gasteiger partial charge in [0, 0.05) is 75.9 Å². The smallest absolute Gasteiger partial charge is 0.294 e. The van der Waals surface area contributed by atoms with Gasteiger partial charge in [-0.25, -0.2) is 0 Å². The summed E-state index contributed by atoms with van der Waals surface area (Å²) < 4.78 is 17.8. The lowest BCUT2D eigenvalue weighted by molar-refractivity contribution is -0.384. The van der Waals surface area contributed by atoms with Gasteiger partial charge in [-0.3, -0.25) is 30.2 Å². The van der Waals surface area contributed by atoms with E-state index in [2.05, 4.69) is 33.7 Å². The molecule has 4 aromatic carbocycles. The second-order valence-electron chi connectivity index (χ2n) is 13.9. The number of ether oxygens (including phenoxy) is 3. The summed E-state index contributed by atoms with van der Waals surface area (Å²) in [5, 5.41) is 29.1. The SMILES string of the molecule is COc1ccc(OCCN(c2cc(N3CCN(C)CC3)ccc2[N+](=O)[O-])N(CCOc2cccc(C)c2)c2cc(N3CCN(C)CC3)ccc2[N+](=O)[O-])cc1. The van der Waals surface area contributed by atoms with Crippen LogP contribution >= 0.6 is 0 Å². The van der Waals surface area contributed by atoms with Gasteiger partial charge < -0.3 is 33.8 Å². The molecule has 0 radical (unpaired) electrons. The fraction of sp³-hybridized carbons (Fsp3) is 0.400. The van der Waals surface area contributed by atoms with Crippen LogP contribution in [0.15, 0.2) is 84.9 Å². The number of rotatable bonds is 16. The summed E-state index contributed by atoms with van der Waals surface area (Å²) in [6, 6.07) is 25.1. The second kappa shape index (κ2) is 18.0. The van der Waals surface area contributed by atoms with Gasteiger partial charge in [0.05, 0.1) is 30.0 Å². The van der Waals surface area contributed by atoms with E-state index in [1.54, 1.807) is 53.5 Å². The van der Waals surface area contributed by atoms with Crippen LogP contribution in [0.5, 0.6) is 17.2 Å². The molecule has 15 heteroatoms. The number of aryl methyl sites for hydroxylation is 1. The Labute approximate surface area is 322 Å². The van der Waals surface area contributed by atoms with Crippen LogP contribution in [0, 0.1) is 27.2 Å². The summed E-state index contributed by atoms with van der Waals surface area (Å²) in [7, 11) is 5.73. The molecule has 0 bridgehead atoms. The molecule has 0 N–H and O–H groups in total. The van der Waals surface area contributed by atoms with Crippen LogP contribution in [0.3, 0.4) is 0 Å². The third-order valence-electron chi connectivity index (χ3n) is 10.1. The summed E-state index contributed by atoms with van der Waals surface area (Å²) in [4.78, 5) is 33.7. The Kier molecular flexibility index (Phi) is 12.7. The lowest BCUT2D eigenvalue weighted by Gasteiger charge is -2.39. The molecule has 55 heavy (non-hydrogen) atoms. The van der Waals surface area contributed by atoms with Crippen LogP contribution in [-0.2, 0) is 0 Å². The first-order valence-electron chi connectivity index (χ1n) is 18.5. The van der Waals surface area contributed by atoms with Crippen LogP contribution < -0.4 is 34.0 Å². The van der Waals surface area contributed by atoms with Gasteiger partial charge in [-0.2, -0.15) is 0 Å². The van der Waals surface area contributed by atoms with Crippen molar-refractivity contribution in [1.29, 1.82) is 0 Å². The first-order chi connectivity index (χ1) is 26.6. The normalized spacial score (nSPS) is 15.1. The van der Waals surface area contributed by atoms with Gasteiger partial charge >= 0.3 is 0 Å². The molecule has 6 rings (SSSR count). The number of benzene rings is 4. The molecule has 2 aliphatic rings. The zero-order valence-electron chi connectivity index (χ0n) is 32.0. The zero-order chi connectivity index (χ0) is 38.9. The molecule has 4 aromatic rings. The molecular weight excluding hydrogens is 704 g/mol. The molecule has 2 saturated heterocycles. The molecule has 2 aliphatic heterocycles. The quantitative estimate of drug-likeness (QED) is 0.102. The highest BCUT2D eigenvalue weighted by atomic mass is 16.6. The van der Waals surface area contributed by atoms with E-state index in [4.69, 9.17) is 14.2 Å². The number of nitro groups is 2. The van der Waals surface area contributed by atoms with Crippen molar-refractivity contribution in [3.63, 3.8) is 0 Å². The number of nitrogens with zero attached hydrogens (tertiary/aromatic N) is 8. The molecule has 0 saturated carbocycles. The van der Waals surface area contributed by atoms with E-state index in [0.717, 1.165) is 69.3 Å². The monoisotopic (exact) mass is 754 g/mol. The largest absolute Gasteiger partial charge is 0.497 e. The average molecular weight is 755 g/mol. The Morgan fingerprint density at radius 3 is 1.49 bits per heavy atom. The summed E-state index contributed by atoms with van der Waals surface area (Å²) in [6.07, 6.45) is 0. The maximum Gasteiger partial charge on any atom is 0.294 e. The molecule has 0 amide bonds. The number of methoxy groups -OCH3 is 1. The summed E-state index contributed by atoms with van der Waals surface area (Å²) in [5.74, 6) is 1.91. The van der Waals surface area contributed by atoms with Crippen LogP contribution in [0.2, 0.25) is 0 Å². The zero-order valence-corrected chi connectivity index (χ0v) is 32.0. The molecule has 0 spiro atoms. The summed E-state index contributed by atoms with van der Waals surface area (Å²) in [5.41, 5.74) is 2.99. The van der Waals surface area contributed by atoms with E-state index in [9.17, 15) is 20.2 Å². The third-order valence-corrected chi connectivity index (χ3v) is 10.1. The van der Waals surface area contributed by atoms with Crippen molar-refractivity contribution >= 4 is 34.1 Å². The lowest BCUT2D eigenvalue weighted by atomic mass is 10.1. The lowest BCUT2D eigenvalue weighted by Crippen LogP contribution is -2.48. The Morgan fingerprint density at radius 2 is 1.05 bits per heavy atom. The molecule has 0 aromatic heterocycles. The van der Waals surface area contributed by atoms with E-state index in [-0.39, 0.29) is 49.1 Å². The van der Waals surface area contributed by atoms with Gasteiger partial charge in [-0.15, -0.1) is 0 Å². The molecule has 2 fully saturated rings. The maximum atomic E-state index is 12.8. The van der Waals surface area contributed by atoms with Crippen LogP contribution in [0.1, 0.15) is 5.56 Å². The minimum absolute atomic E-state index is 0.101. The molecular formula is C40H50N8O7. The van der Waals surface area contributed by atoms with E-state index in [1.807, 2.05) is 43.3 Å². The second-order valence-corrected chi connectivity index (χ2v) is 13.9. The predicted octanol–water partition coefficient (Wildman–Crippen LogP) is 5.71. The van der Waals surface area contributed by atoms with Crippen LogP contribution in [0.4, 0.5) is 34.1 Å². The molecule has 2 heterocycles. The van der Waals surface area contributed by atoms with Gasteiger partial charge in [0.25, 0.3) is 11.4 Å². The number of nitro benzene ring substituents is 2. The van der Waals surface area contributed by atoms with Crippen molar-refractivity contribution in [2.24, 2.45) is 0 Å². The minimum Gasteiger partial charge on any atom is -0.497 e. The highest BCUT2D eigenvalue weighted by Gasteiger charge is 2.32. The highest BCUT2D eigenvalue weighted by Crippen LogP contribution is 2.39. The highest BCUT2D eigenvalue weighted by molar-refractivity contribution is 5.77. The number of hydrogen-bond acceptors (Lipinski definition) is 13. The van der Waals surface area contributed by atoms with Crippen molar-refractivity contribution in [3.8, 4) is 17.2 Å². The average Bonchev–Trinajstić information content (AvgIpc) is 3.19. The number of anilines is 4. The topological polar surface area (TPSA) is 133 Å². The maximum absolute atomic E-state index is 12.8. The fourth-order valence-electron chi connectivity index (χ4n) is 6.89. The minimum atomic E-state index is -0.406. The number of hydrazine groups is 1. The Morgan fingerprint density at radius 1 is 0.600 bits per heavy atom. The number of likely N-dealkylation sites (N-methyl/N-ethyl adjacent to an activating group) is 2. The van der Waals surface area contributed by atoms with Crippen molar-refractivity contribution in [3.05, 3.63) is 111 Å². The van der Waals surface area contributed by atoms with Gasteiger partial charge in [0.15, 0.2) is 0 Å². The van der Waals surface area contributed by atoms with Crippen LogP contribution in [-0.4, -0.2) is 120 Å². The van der Waals surface area contributed by atoms with E-state index >= 15 is 0 Å². The van der Waals surface area contributed by atoms with Gasteiger partial charge in [0.1, 0.15) is 41.8 Å². The van der Waals surface area contributed by atoms with Gasteiger partial charge in [0.2, 0.25) is 0 Å². The fourth-order valence-corrected chi connectivity index (χ4v) is 6.89. The molecule has 292 valence electrons. The Bertz CT molecular complexity index is 1910. The van der Waals surface area contributed by atoms with E-state index < -0.39 is 9.85 Å².